The molecule has 0 radical (unpaired) electrons. The molecule has 0 spiro atoms. The summed E-state index contributed by atoms with van der Waals surface area (Å²) in [6.07, 6.45) is 0. The lowest BCUT2D eigenvalue weighted by Gasteiger charge is -2.11. The molecule has 0 saturated heterocycles. The van der Waals surface area contributed by atoms with Gasteiger partial charge in [0.2, 0.25) is 10.0 Å². The highest BCUT2D eigenvalue weighted by Crippen LogP contribution is 2.23. The number of ether oxygens (including phenoxy) is 3. The van der Waals surface area contributed by atoms with Gasteiger partial charge in [0.05, 0.1) is 29.7 Å². The van der Waals surface area contributed by atoms with Crippen LogP contribution in [0.3, 0.4) is 0 Å². The molecule has 0 fully saturated rings. The van der Waals surface area contributed by atoms with Crippen LogP contribution in [-0.2, 0) is 30.9 Å². The average Bonchev–Trinajstić information content (AvgIpc) is 2.70. The fourth-order valence-electron chi connectivity index (χ4n) is 2.19. The highest BCUT2D eigenvalue weighted by Gasteiger charge is 2.23. The van der Waals surface area contributed by atoms with Crippen molar-refractivity contribution in [3.8, 4) is 5.75 Å². The summed E-state index contributed by atoms with van der Waals surface area (Å²) in [5, 5.41) is 0.347. The van der Waals surface area contributed by atoms with Gasteiger partial charge in [-0.1, -0.05) is 29.8 Å². The van der Waals surface area contributed by atoms with Crippen molar-refractivity contribution in [3.05, 3.63) is 58.6 Å². The number of sulfonamides is 1. The summed E-state index contributed by atoms with van der Waals surface area (Å²) >= 11 is 6.06. The number of hydrogen-bond donors (Lipinski definition) is 1. The summed E-state index contributed by atoms with van der Waals surface area (Å²) in [6.45, 7) is -0.756. The second kappa shape index (κ2) is 9.54. The molecular weight excluding hydrogens is 410 g/mol. The molecule has 0 amide bonds. The molecule has 8 nitrogen and oxygen atoms in total. The summed E-state index contributed by atoms with van der Waals surface area (Å²) in [5.74, 6) is -1.07. The van der Waals surface area contributed by atoms with Gasteiger partial charge in [0, 0.05) is 5.56 Å². The van der Waals surface area contributed by atoms with E-state index in [-0.39, 0.29) is 17.1 Å². The maximum atomic E-state index is 12.4. The second-order valence-corrected chi connectivity index (χ2v) is 7.57. The van der Waals surface area contributed by atoms with Crippen LogP contribution in [0.1, 0.15) is 15.9 Å². The van der Waals surface area contributed by atoms with Crippen molar-refractivity contribution in [2.75, 3.05) is 20.8 Å². The Hall–Kier alpha value is -2.62. The number of nitrogens with one attached hydrogen (secondary N) is 1. The van der Waals surface area contributed by atoms with Gasteiger partial charge in [0.15, 0.2) is 0 Å². The largest absolute Gasteiger partial charge is 0.497 e. The van der Waals surface area contributed by atoms with Crippen molar-refractivity contribution in [1.82, 2.24) is 4.72 Å². The Morgan fingerprint density at radius 3 is 2.46 bits per heavy atom. The van der Waals surface area contributed by atoms with Gasteiger partial charge in [0.25, 0.3) is 0 Å². The Labute approximate surface area is 167 Å². The standard InChI is InChI=1S/C18H18ClNO7S/c1-25-13-8-7-12(15(19)9-13)11-27-17(21)10-20-28(23,24)16-6-4-3-5-14(16)18(22)26-2/h3-9,20H,10-11H2,1-2H3. The minimum absolute atomic E-state index is 0.137. The molecule has 0 heterocycles. The van der Waals surface area contributed by atoms with Crippen LogP contribution in [-0.4, -0.2) is 41.1 Å². The van der Waals surface area contributed by atoms with E-state index in [0.29, 0.717) is 16.3 Å². The molecular formula is C18H18ClNO7S. The topological polar surface area (TPSA) is 108 Å². The third kappa shape index (κ3) is 5.44. The van der Waals surface area contributed by atoms with Crippen LogP contribution >= 0.6 is 11.6 Å². The van der Waals surface area contributed by atoms with Crippen LogP contribution < -0.4 is 9.46 Å². The Morgan fingerprint density at radius 2 is 1.82 bits per heavy atom. The van der Waals surface area contributed by atoms with E-state index in [1.807, 2.05) is 0 Å². The number of methoxy groups -OCH3 is 2. The summed E-state index contributed by atoms with van der Waals surface area (Å²) < 4.78 is 41.6. The van der Waals surface area contributed by atoms with Gasteiger partial charge >= 0.3 is 11.9 Å². The number of esters is 2. The lowest BCUT2D eigenvalue weighted by molar-refractivity contribution is -0.143. The lowest BCUT2D eigenvalue weighted by Crippen LogP contribution is -2.31. The number of carbonyl (C=O) groups is 2. The van der Waals surface area contributed by atoms with E-state index in [9.17, 15) is 18.0 Å². The van der Waals surface area contributed by atoms with Crippen LogP contribution in [0.2, 0.25) is 5.02 Å². The quantitative estimate of drug-likeness (QED) is 0.643. The van der Waals surface area contributed by atoms with Gasteiger partial charge in [-0.3, -0.25) is 4.79 Å². The zero-order valence-electron chi connectivity index (χ0n) is 15.1. The smallest absolute Gasteiger partial charge is 0.339 e. The molecule has 1 N–H and O–H groups in total. The number of halogens is 1. The molecule has 0 aliphatic heterocycles. The average molecular weight is 428 g/mol. The maximum absolute atomic E-state index is 12.4. The first-order chi connectivity index (χ1) is 13.3. The Balaban J connectivity index is 2.00. The normalized spacial score (nSPS) is 11.0. The number of benzene rings is 2. The maximum Gasteiger partial charge on any atom is 0.339 e. The zero-order chi connectivity index (χ0) is 20.7. The number of carbonyl (C=O) groups excluding carboxylic acids is 2. The number of rotatable bonds is 8. The highest BCUT2D eigenvalue weighted by atomic mass is 35.5. The fraction of sp³-hybridized carbons (Fsp3) is 0.222. The summed E-state index contributed by atoms with van der Waals surface area (Å²) in [4.78, 5) is 23.3. The summed E-state index contributed by atoms with van der Waals surface area (Å²) in [5.41, 5.74) is 0.394. The van der Waals surface area contributed by atoms with Crippen molar-refractivity contribution in [3.63, 3.8) is 0 Å². The van der Waals surface area contributed by atoms with E-state index in [4.69, 9.17) is 21.1 Å². The molecule has 0 saturated carbocycles. The summed E-state index contributed by atoms with van der Waals surface area (Å²) in [7, 11) is -1.50. The van der Waals surface area contributed by atoms with Crippen LogP contribution in [0.15, 0.2) is 47.4 Å². The first-order valence-electron chi connectivity index (χ1n) is 7.93. The molecule has 0 atom stereocenters. The van der Waals surface area contributed by atoms with Gasteiger partial charge in [0.1, 0.15) is 18.9 Å². The Kier molecular flexibility index (Phi) is 7.38. The molecule has 10 heteroatoms. The van der Waals surface area contributed by atoms with E-state index in [0.717, 1.165) is 7.11 Å². The Bertz CT molecular complexity index is 976. The molecule has 0 aliphatic carbocycles. The van der Waals surface area contributed by atoms with E-state index < -0.39 is 28.5 Å². The molecule has 2 rings (SSSR count). The fourth-order valence-corrected chi connectivity index (χ4v) is 3.58. The van der Waals surface area contributed by atoms with Crippen molar-refractivity contribution in [2.24, 2.45) is 0 Å². The minimum atomic E-state index is -4.14. The lowest BCUT2D eigenvalue weighted by atomic mass is 10.2. The van der Waals surface area contributed by atoms with Crippen LogP contribution in [0.4, 0.5) is 0 Å². The predicted molar refractivity (Wildman–Crippen MR) is 101 cm³/mol. The van der Waals surface area contributed by atoms with E-state index in [1.165, 1.54) is 31.4 Å². The van der Waals surface area contributed by atoms with Gasteiger partial charge in [-0.2, -0.15) is 4.72 Å². The third-order valence-electron chi connectivity index (χ3n) is 3.64. The molecule has 150 valence electrons. The predicted octanol–water partition coefficient (Wildman–Crippen LogP) is 2.16. The van der Waals surface area contributed by atoms with Crippen molar-refractivity contribution in [1.29, 1.82) is 0 Å². The molecule has 2 aromatic rings. The first-order valence-corrected chi connectivity index (χ1v) is 9.79. The second-order valence-electron chi connectivity index (χ2n) is 5.43. The number of hydrogen-bond acceptors (Lipinski definition) is 7. The van der Waals surface area contributed by atoms with E-state index >= 15 is 0 Å². The monoisotopic (exact) mass is 427 g/mol. The van der Waals surface area contributed by atoms with E-state index in [1.54, 1.807) is 18.2 Å². The Morgan fingerprint density at radius 1 is 1.11 bits per heavy atom. The first kappa shape index (κ1) is 21.7. The van der Waals surface area contributed by atoms with Gasteiger partial charge in [-0.05, 0) is 24.3 Å². The highest BCUT2D eigenvalue weighted by molar-refractivity contribution is 7.89. The SMILES string of the molecule is COC(=O)c1ccccc1S(=O)(=O)NCC(=O)OCc1ccc(OC)cc1Cl. The van der Waals surface area contributed by atoms with Gasteiger partial charge in [-0.25, -0.2) is 13.2 Å². The zero-order valence-corrected chi connectivity index (χ0v) is 16.7. The van der Waals surface area contributed by atoms with Crippen LogP contribution in [0.5, 0.6) is 5.75 Å². The van der Waals surface area contributed by atoms with Gasteiger partial charge in [-0.15, -0.1) is 0 Å². The van der Waals surface area contributed by atoms with Crippen molar-refractivity contribution < 1.29 is 32.2 Å². The molecule has 0 aliphatic rings. The molecule has 0 unspecified atom stereocenters. The summed E-state index contributed by atoms with van der Waals surface area (Å²) in [6, 6.07) is 10.3. The van der Waals surface area contributed by atoms with Crippen molar-refractivity contribution in [2.45, 2.75) is 11.5 Å². The molecule has 28 heavy (non-hydrogen) atoms. The van der Waals surface area contributed by atoms with Crippen molar-refractivity contribution >= 4 is 33.6 Å². The van der Waals surface area contributed by atoms with Crippen LogP contribution in [0, 0.1) is 0 Å². The molecule has 0 aromatic heterocycles. The van der Waals surface area contributed by atoms with Crippen LogP contribution in [0.25, 0.3) is 0 Å². The minimum Gasteiger partial charge on any atom is -0.497 e. The molecule has 2 aromatic carbocycles. The third-order valence-corrected chi connectivity index (χ3v) is 5.45. The molecule has 0 bridgehead atoms. The van der Waals surface area contributed by atoms with Gasteiger partial charge < -0.3 is 14.2 Å². The van der Waals surface area contributed by atoms with E-state index in [2.05, 4.69) is 9.46 Å².